The molecular formula is C13H19NO3S. The number of rotatable bonds is 3. The molecule has 0 saturated carbocycles. The first-order valence-corrected chi connectivity index (χ1v) is 7.71. The van der Waals surface area contributed by atoms with Crippen molar-refractivity contribution in [2.24, 2.45) is 0 Å². The molecule has 4 nitrogen and oxygen atoms in total. The third-order valence-corrected chi connectivity index (χ3v) is 5.99. The van der Waals surface area contributed by atoms with E-state index in [0.717, 1.165) is 11.3 Å². The van der Waals surface area contributed by atoms with Gasteiger partial charge in [0.25, 0.3) is 0 Å². The molecule has 0 spiro atoms. The van der Waals surface area contributed by atoms with Gasteiger partial charge in [-0.3, -0.25) is 0 Å². The van der Waals surface area contributed by atoms with E-state index < -0.39 is 20.3 Å². The summed E-state index contributed by atoms with van der Waals surface area (Å²) in [7, 11) is -1.40. The second kappa shape index (κ2) is 4.90. The first-order valence-electron chi connectivity index (χ1n) is 6.10. The van der Waals surface area contributed by atoms with Gasteiger partial charge in [0.1, 0.15) is 17.6 Å². The fraction of sp³-hybridized carbons (Fsp3) is 0.538. The second-order valence-corrected chi connectivity index (χ2v) is 7.52. The molecule has 0 fully saturated rings. The minimum atomic E-state index is -3.19. The largest absolute Gasteiger partial charge is 0.492 e. The molecular weight excluding hydrogens is 250 g/mol. The van der Waals surface area contributed by atoms with Crippen molar-refractivity contribution in [3.05, 3.63) is 29.8 Å². The highest BCUT2D eigenvalue weighted by Gasteiger charge is 2.40. The molecule has 0 radical (unpaired) electrons. The van der Waals surface area contributed by atoms with Gasteiger partial charge in [-0.05, 0) is 27.0 Å². The molecule has 5 heteroatoms. The van der Waals surface area contributed by atoms with E-state index in [2.05, 4.69) is 5.32 Å². The Kier molecular flexibility index (Phi) is 3.64. The van der Waals surface area contributed by atoms with Crippen LogP contribution in [0, 0.1) is 0 Å². The van der Waals surface area contributed by atoms with E-state index >= 15 is 0 Å². The summed E-state index contributed by atoms with van der Waals surface area (Å²) in [5.41, 5.74) is 0.917. The Morgan fingerprint density at radius 1 is 1.33 bits per heavy atom. The van der Waals surface area contributed by atoms with Gasteiger partial charge in [0.05, 0.1) is 11.3 Å². The molecule has 2 rings (SSSR count). The molecule has 0 saturated heterocycles. The zero-order valence-electron chi connectivity index (χ0n) is 10.9. The minimum absolute atomic E-state index is 0.206. The topological polar surface area (TPSA) is 55.4 Å². The van der Waals surface area contributed by atoms with Gasteiger partial charge in [-0.2, -0.15) is 0 Å². The zero-order chi connectivity index (χ0) is 13.3. The quantitative estimate of drug-likeness (QED) is 0.904. The van der Waals surface area contributed by atoms with Crippen LogP contribution in [0.4, 0.5) is 0 Å². The third-order valence-electron chi connectivity index (χ3n) is 3.42. The number of fused-ring (bicyclic) bond motifs is 1. The van der Waals surface area contributed by atoms with E-state index in [9.17, 15) is 8.42 Å². The summed E-state index contributed by atoms with van der Waals surface area (Å²) < 4.78 is 30.3. The molecule has 1 aromatic rings. The lowest BCUT2D eigenvalue weighted by molar-refractivity contribution is 0.258. The number of ether oxygens (including phenoxy) is 1. The van der Waals surface area contributed by atoms with Crippen molar-refractivity contribution < 1.29 is 13.2 Å². The molecule has 1 heterocycles. The predicted molar refractivity (Wildman–Crippen MR) is 71.6 cm³/mol. The van der Waals surface area contributed by atoms with Crippen molar-refractivity contribution in [1.82, 2.24) is 5.32 Å². The lowest BCUT2D eigenvalue weighted by Gasteiger charge is -2.34. The second-order valence-electron chi connectivity index (χ2n) is 4.79. The van der Waals surface area contributed by atoms with E-state index in [-0.39, 0.29) is 12.6 Å². The lowest BCUT2D eigenvalue weighted by Crippen LogP contribution is -2.45. The maximum Gasteiger partial charge on any atom is 0.160 e. The molecule has 18 heavy (non-hydrogen) atoms. The zero-order valence-corrected chi connectivity index (χ0v) is 11.7. The van der Waals surface area contributed by atoms with Crippen LogP contribution in [0.5, 0.6) is 5.75 Å². The van der Waals surface area contributed by atoms with Gasteiger partial charge in [0.15, 0.2) is 9.84 Å². The molecule has 100 valence electrons. The Hall–Kier alpha value is -1.07. The normalized spacial score (nSPS) is 23.6. The molecule has 2 unspecified atom stereocenters. The SMILES string of the molecule is CNC1c2ccccc2OCC1S(=O)(=O)C(C)C. The van der Waals surface area contributed by atoms with Crippen LogP contribution in [-0.2, 0) is 9.84 Å². The lowest BCUT2D eigenvalue weighted by atomic mass is 10.0. The fourth-order valence-electron chi connectivity index (χ4n) is 2.31. The van der Waals surface area contributed by atoms with Crippen molar-refractivity contribution in [2.75, 3.05) is 13.7 Å². The van der Waals surface area contributed by atoms with Crippen LogP contribution in [-0.4, -0.2) is 32.6 Å². The summed E-state index contributed by atoms with van der Waals surface area (Å²) in [6.45, 7) is 3.63. The standard InChI is InChI=1S/C13H19NO3S/c1-9(2)18(15,16)12-8-17-11-7-5-4-6-10(11)13(12)14-3/h4-7,9,12-14H,8H2,1-3H3. The average Bonchev–Trinajstić information content (AvgIpc) is 2.36. The Bertz CT molecular complexity index is 525. The van der Waals surface area contributed by atoms with E-state index in [1.807, 2.05) is 24.3 Å². The first kappa shape index (κ1) is 13.4. The van der Waals surface area contributed by atoms with Gasteiger partial charge < -0.3 is 10.1 Å². The van der Waals surface area contributed by atoms with Crippen LogP contribution in [0.2, 0.25) is 0 Å². The molecule has 1 aliphatic heterocycles. The van der Waals surface area contributed by atoms with Crippen molar-refractivity contribution in [3.63, 3.8) is 0 Å². The first-order chi connectivity index (χ1) is 8.48. The minimum Gasteiger partial charge on any atom is -0.492 e. The van der Waals surface area contributed by atoms with Crippen molar-refractivity contribution >= 4 is 9.84 Å². The van der Waals surface area contributed by atoms with E-state index in [0.29, 0.717) is 0 Å². The highest BCUT2D eigenvalue weighted by atomic mass is 32.2. The van der Waals surface area contributed by atoms with E-state index in [1.54, 1.807) is 20.9 Å². The summed E-state index contributed by atoms with van der Waals surface area (Å²) in [6, 6.07) is 7.37. The Morgan fingerprint density at radius 2 is 2.00 bits per heavy atom. The number of hydrogen-bond acceptors (Lipinski definition) is 4. The molecule has 2 atom stereocenters. The number of para-hydroxylation sites is 1. The number of nitrogens with one attached hydrogen (secondary N) is 1. The molecule has 1 N–H and O–H groups in total. The molecule has 0 bridgehead atoms. The van der Waals surface area contributed by atoms with E-state index in [4.69, 9.17) is 4.74 Å². The number of hydrogen-bond donors (Lipinski definition) is 1. The molecule has 1 aromatic carbocycles. The van der Waals surface area contributed by atoms with Crippen LogP contribution in [0.1, 0.15) is 25.5 Å². The maximum absolute atomic E-state index is 12.3. The summed E-state index contributed by atoms with van der Waals surface area (Å²) in [5, 5.41) is 2.19. The summed E-state index contributed by atoms with van der Waals surface area (Å²) in [6.07, 6.45) is 0. The van der Waals surface area contributed by atoms with Gasteiger partial charge >= 0.3 is 0 Å². The predicted octanol–water partition coefficient (Wildman–Crippen LogP) is 1.53. The van der Waals surface area contributed by atoms with Crippen molar-refractivity contribution in [1.29, 1.82) is 0 Å². The van der Waals surface area contributed by atoms with Crippen LogP contribution in [0.25, 0.3) is 0 Å². The molecule has 0 amide bonds. The fourth-order valence-corrected chi connectivity index (χ4v) is 3.93. The molecule has 0 aliphatic carbocycles. The van der Waals surface area contributed by atoms with Crippen LogP contribution < -0.4 is 10.1 Å². The molecule has 0 aromatic heterocycles. The highest BCUT2D eigenvalue weighted by molar-refractivity contribution is 7.92. The maximum atomic E-state index is 12.3. The monoisotopic (exact) mass is 269 g/mol. The average molecular weight is 269 g/mol. The van der Waals surface area contributed by atoms with Gasteiger partial charge in [0.2, 0.25) is 0 Å². The van der Waals surface area contributed by atoms with Crippen LogP contribution in [0.3, 0.4) is 0 Å². The van der Waals surface area contributed by atoms with E-state index in [1.165, 1.54) is 0 Å². The van der Waals surface area contributed by atoms with Crippen molar-refractivity contribution in [2.45, 2.75) is 30.4 Å². The summed E-state index contributed by atoms with van der Waals surface area (Å²) in [4.78, 5) is 0. The Morgan fingerprint density at radius 3 is 2.61 bits per heavy atom. The van der Waals surface area contributed by atoms with Gasteiger partial charge in [-0.15, -0.1) is 0 Å². The Labute approximate surface area is 108 Å². The Balaban J connectivity index is 2.43. The van der Waals surface area contributed by atoms with Crippen LogP contribution in [0.15, 0.2) is 24.3 Å². The third kappa shape index (κ3) is 2.12. The summed E-state index contributed by atoms with van der Waals surface area (Å²) >= 11 is 0. The van der Waals surface area contributed by atoms with Gasteiger partial charge in [0, 0.05) is 5.56 Å². The number of sulfone groups is 1. The van der Waals surface area contributed by atoms with Crippen LogP contribution >= 0.6 is 0 Å². The number of benzene rings is 1. The van der Waals surface area contributed by atoms with Gasteiger partial charge in [-0.25, -0.2) is 8.42 Å². The van der Waals surface area contributed by atoms with Gasteiger partial charge in [-0.1, -0.05) is 18.2 Å². The molecule has 1 aliphatic rings. The smallest absolute Gasteiger partial charge is 0.160 e. The highest BCUT2D eigenvalue weighted by Crippen LogP contribution is 2.35. The summed E-state index contributed by atoms with van der Waals surface area (Å²) in [5.74, 6) is 0.770. The van der Waals surface area contributed by atoms with Crippen molar-refractivity contribution in [3.8, 4) is 5.75 Å².